The lowest BCUT2D eigenvalue weighted by Gasteiger charge is -2.16. The van der Waals surface area contributed by atoms with Gasteiger partial charge in [0.15, 0.2) is 6.29 Å². The van der Waals surface area contributed by atoms with Gasteiger partial charge in [-0.15, -0.1) is 0 Å². The molecule has 7 heteroatoms. The van der Waals surface area contributed by atoms with Crippen LogP contribution in [-0.4, -0.2) is 58.5 Å². The highest BCUT2D eigenvalue weighted by Gasteiger charge is 2.43. The van der Waals surface area contributed by atoms with Gasteiger partial charge in [-0.25, -0.2) is 9.97 Å². The topological polar surface area (TPSA) is 93.9 Å². The Labute approximate surface area is 156 Å². The van der Waals surface area contributed by atoms with Crippen LogP contribution in [0.25, 0.3) is 22.3 Å². The molecule has 1 fully saturated rings. The van der Waals surface area contributed by atoms with Crippen LogP contribution in [0.1, 0.15) is 0 Å². The van der Waals surface area contributed by atoms with Crippen LogP contribution in [-0.2, 0) is 9.47 Å². The molecule has 1 aromatic heterocycles. The van der Waals surface area contributed by atoms with Crippen LogP contribution in [0.4, 0.5) is 0 Å². The number of benzene rings is 2. The van der Waals surface area contributed by atoms with Gasteiger partial charge in [0.25, 0.3) is 0 Å². The molecule has 0 amide bonds. The third kappa shape index (κ3) is 3.50. The summed E-state index contributed by atoms with van der Waals surface area (Å²) in [5, 5.41) is 20.0. The third-order valence-corrected chi connectivity index (χ3v) is 4.52. The predicted molar refractivity (Wildman–Crippen MR) is 98.2 cm³/mol. The summed E-state index contributed by atoms with van der Waals surface area (Å²) in [4.78, 5) is 9.27. The molecule has 27 heavy (non-hydrogen) atoms. The average molecular weight is 368 g/mol. The molecule has 0 aliphatic carbocycles. The summed E-state index contributed by atoms with van der Waals surface area (Å²) in [5.41, 5.74) is 2.93. The molecule has 0 saturated carbocycles. The minimum atomic E-state index is -1.13. The monoisotopic (exact) mass is 368 g/mol. The maximum Gasteiger partial charge on any atom is 0.241 e. The summed E-state index contributed by atoms with van der Waals surface area (Å²) in [5.74, 6) is 0.339. The van der Waals surface area contributed by atoms with Crippen molar-refractivity contribution in [1.82, 2.24) is 9.97 Å². The van der Waals surface area contributed by atoms with Crippen molar-refractivity contribution in [2.24, 2.45) is 0 Å². The number of hydrogen-bond donors (Lipinski definition) is 2. The van der Waals surface area contributed by atoms with Crippen LogP contribution in [0.3, 0.4) is 0 Å². The number of methoxy groups -OCH3 is 1. The zero-order valence-electron chi connectivity index (χ0n) is 14.7. The SMILES string of the molecule is CO[C@@H]1O[C@H](COc2nc3ccccc3nc2-c2ccccc2)[C@@H](O)[C@H]1O. The Balaban J connectivity index is 1.64. The summed E-state index contributed by atoms with van der Waals surface area (Å²) in [6, 6.07) is 17.1. The van der Waals surface area contributed by atoms with Crippen LogP contribution >= 0.6 is 0 Å². The van der Waals surface area contributed by atoms with E-state index in [9.17, 15) is 10.2 Å². The number of aliphatic hydroxyl groups excluding tert-OH is 2. The third-order valence-electron chi connectivity index (χ3n) is 4.52. The molecular formula is C20H20N2O5. The van der Waals surface area contributed by atoms with E-state index >= 15 is 0 Å². The van der Waals surface area contributed by atoms with E-state index < -0.39 is 24.6 Å². The van der Waals surface area contributed by atoms with Crippen LogP contribution in [0.5, 0.6) is 5.88 Å². The van der Waals surface area contributed by atoms with Crippen molar-refractivity contribution in [3.05, 3.63) is 54.6 Å². The molecule has 140 valence electrons. The van der Waals surface area contributed by atoms with Gasteiger partial charge in [-0.3, -0.25) is 0 Å². The fraction of sp³-hybridized carbons (Fsp3) is 0.300. The molecule has 0 radical (unpaired) electrons. The maximum atomic E-state index is 10.1. The van der Waals surface area contributed by atoms with Crippen LogP contribution in [0.2, 0.25) is 0 Å². The Morgan fingerprint density at radius 2 is 1.59 bits per heavy atom. The molecule has 4 rings (SSSR count). The molecule has 2 heterocycles. The summed E-state index contributed by atoms with van der Waals surface area (Å²) >= 11 is 0. The second kappa shape index (κ2) is 7.58. The van der Waals surface area contributed by atoms with Gasteiger partial charge in [-0.2, -0.15) is 0 Å². The smallest absolute Gasteiger partial charge is 0.241 e. The summed E-state index contributed by atoms with van der Waals surface area (Å²) in [6.07, 6.45) is -3.85. The quantitative estimate of drug-likeness (QED) is 0.709. The molecule has 0 unspecified atom stereocenters. The Bertz CT molecular complexity index is 921. The number of rotatable bonds is 5. The van der Waals surface area contributed by atoms with Gasteiger partial charge < -0.3 is 24.4 Å². The van der Waals surface area contributed by atoms with E-state index in [2.05, 4.69) is 4.98 Å². The summed E-state index contributed by atoms with van der Waals surface area (Å²) in [7, 11) is 1.41. The Hall–Kier alpha value is -2.58. The minimum Gasteiger partial charge on any atom is -0.473 e. The van der Waals surface area contributed by atoms with Gasteiger partial charge in [0.05, 0.1) is 11.0 Å². The van der Waals surface area contributed by atoms with Gasteiger partial charge >= 0.3 is 0 Å². The van der Waals surface area contributed by atoms with Gasteiger partial charge in [0.2, 0.25) is 5.88 Å². The number of ether oxygens (including phenoxy) is 3. The molecule has 0 spiro atoms. The molecule has 2 N–H and O–H groups in total. The first kappa shape index (κ1) is 17.8. The number of aromatic nitrogens is 2. The van der Waals surface area contributed by atoms with E-state index in [1.165, 1.54) is 7.11 Å². The second-order valence-electron chi connectivity index (χ2n) is 6.30. The Kier molecular flexibility index (Phi) is 5.00. The lowest BCUT2D eigenvalue weighted by atomic mass is 10.1. The number of nitrogens with zero attached hydrogens (tertiary/aromatic N) is 2. The van der Waals surface area contributed by atoms with E-state index in [0.29, 0.717) is 17.1 Å². The van der Waals surface area contributed by atoms with Gasteiger partial charge in [-0.05, 0) is 12.1 Å². The predicted octanol–water partition coefficient (Wildman–Crippen LogP) is 1.77. The molecule has 3 aromatic rings. The van der Waals surface area contributed by atoms with Crippen LogP contribution in [0, 0.1) is 0 Å². The number of fused-ring (bicyclic) bond motifs is 1. The standard InChI is InChI=1S/C20H20N2O5/c1-25-20-18(24)17(23)15(27-20)11-26-19-16(12-7-3-2-4-8-12)21-13-9-5-6-10-14(13)22-19/h2-10,15,17-18,20,23-24H,11H2,1H3/t15-,17-,18-,20-/m1/s1. The van der Waals surface area contributed by atoms with Crippen LogP contribution in [0.15, 0.2) is 54.6 Å². The molecule has 0 bridgehead atoms. The molecule has 1 aliphatic rings. The number of hydrogen-bond acceptors (Lipinski definition) is 7. The average Bonchev–Trinajstić information content (AvgIpc) is 3.00. The van der Waals surface area contributed by atoms with E-state index in [0.717, 1.165) is 11.1 Å². The first-order chi connectivity index (χ1) is 13.2. The highest BCUT2D eigenvalue weighted by Crippen LogP contribution is 2.30. The zero-order chi connectivity index (χ0) is 18.8. The van der Waals surface area contributed by atoms with E-state index in [4.69, 9.17) is 19.2 Å². The lowest BCUT2D eigenvalue weighted by molar-refractivity contribution is -0.152. The number of para-hydroxylation sites is 2. The molecular weight excluding hydrogens is 348 g/mol. The van der Waals surface area contributed by atoms with Crippen molar-refractivity contribution in [3.63, 3.8) is 0 Å². The second-order valence-corrected chi connectivity index (χ2v) is 6.30. The highest BCUT2D eigenvalue weighted by atomic mass is 16.7. The molecule has 2 aromatic carbocycles. The fourth-order valence-electron chi connectivity index (χ4n) is 3.08. The van der Waals surface area contributed by atoms with E-state index in [1.807, 2.05) is 54.6 Å². The number of aliphatic hydroxyl groups is 2. The normalized spacial score (nSPS) is 25.0. The van der Waals surface area contributed by atoms with Crippen molar-refractivity contribution in [1.29, 1.82) is 0 Å². The molecule has 1 aliphatic heterocycles. The fourth-order valence-corrected chi connectivity index (χ4v) is 3.08. The van der Waals surface area contributed by atoms with E-state index in [-0.39, 0.29) is 6.61 Å². The molecule has 1 saturated heterocycles. The van der Waals surface area contributed by atoms with E-state index in [1.54, 1.807) is 0 Å². The van der Waals surface area contributed by atoms with Crippen molar-refractivity contribution in [2.75, 3.05) is 13.7 Å². The highest BCUT2D eigenvalue weighted by molar-refractivity contribution is 5.79. The van der Waals surface area contributed by atoms with Crippen molar-refractivity contribution < 1.29 is 24.4 Å². The molecule has 7 nitrogen and oxygen atoms in total. The van der Waals surface area contributed by atoms with Crippen molar-refractivity contribution in [2.45, 2.75) is 24.6 Å². The Morgan fingerprint density at radius 1 is 0.926 bits per heavy atom. The first-order valence-corrected chi connectivity index (χ1v) is 8.67. The molecule has 4 atom stereocenters. The largest absolute Gasteiger partial charge is 0.473 e. The summed E-state index contributed by atoms with van der Waals surface area (Å²) in [6.45, 7) is 0.00490. The van der Waals surface area contributed by atoms with Gasteiger partial charge in [0.1, 0.15) is 30.6 Å². The zero-order valence-corrected chi connectivity index (χ0v) is 14.7. The Morgan fingerprint density at radius 3 is 2.26 bits per heavy atom. The maximum absolute atomic E-state index is 10.1. The van der Waals surface area contributed by atoms with Crippen LogP contribution < -0.4 is 4.74 Å². The first-order valence-electron chi connectivity index (χ1n) is 8.67. The minimum absolute atomic E-state index is 0.00490. The van der Waals surface area contributed by atoms with Crippen molar-refractivity contribution in [3.8, 4) is 17.1 Å². The summed E-state index contributed by atoms with van der Waals surface area (Å²) < 4.78 is 16.4. The lowest BCUT2D eigenvalue weighted by Crippen LogP contribution is -2.35. The van der Waals surface area contributed by atoms with Gasteiger partial charge in [0, 0.05) is 12.7 Å². The van der Waals surface area contributed by atoms with Gasteiger partial charge in [-0.1, -0.05) is 42.5 Å². The van der Waals surface area contributed by atoms with Crippen molar-refractivity contribution >= 4 is 11.0 Å².